The monoisotopic (exact) mass is 222 g/mol. The van der Waals surface area contributed by atoms with Crippen LogP contribution in [0.1, 0.15) is 46.5 Å². The van der Waals surface area contributed by atoms with E-state index in [2.05, 4.69) is 36.8 Å². The molecule has 0 aromatic heterocycles. The Balaban J connectivity index is 3.05. The van der Waals surface area contributed by atoms with Gasteiger partial charge in [-0.15, -0.1) is 0 Å². The van der Waals surface area contributed by atoms with Crippen LogP contribution < -0.4 is 0 Å². The van der Waals surface area contributed by atoms with Crippen molar-refractivity contribution >= 4 is 19.3 Å². The average Bonchev–Trinajstić information content (AvgIpc) is 2.17. The van der Waals surface area contributed by atoms with E-state index < -0.39 is 0 Å². The van der Waals surface area contributed by atoms with Gasteiger partial charge in [-0.2, -0.15) is 4.67 Å². The van der Waals surface area contributed by atoms with Crippen LogP contribution in [0.15, 0.2) is 0 Å². The van der Waals surface area contributed by atoms with E-state index in [9.17, 15) is 0 Å². The topological polar surface area (TPSA) is 3.24 Å². The molecular formula is C10H25NPS+. The minimum atomic E-state index is 0.513. The fourth-order valence-corrected chi connectivity index (χ4v) is 4.47. The summed E-state index contributed by atoms with van der Waals surface area (Å²) >= 11 is 2.17. The third-order valence-corrected chi connectivity index (χ3v) is 5.90. The minimum Gasteiger partial charge on any atom is -0.174 e. The molecular weight excluding hydrogens is 197 g/mol. The highest BCUT2D eigenvalue weighted by Gasteiger charge is 2.05. The predicted octanol–water partition coefficient (Wildman–Crippen LogP) is 3.88. The van der Waals surface area contributed by atoms with Crippen molar-refractivity contribution in [3.8, 4) is 0 Å². The molecule has 0 heterocycles. The highest BCUT2D eigenvalue weighted by atomic mass is 32.7. The number of nitrogens with zero attached hydrogens (tertiary/aromatic N) is 1. The van der Waals surface area contributed by atoms with E-state index in [1.54, 1.807) is 0 Å². The Bertz CT molecular complexity index is 96.9. The van der Waals surface area contributed by atoms with Gasteiger partial charge in [0, 0.05) is 30.2 Å². The molecule has 0 rings (SSSR count). The lowest BCUT2D eigenvalue weighted by molar-refractivity contribution is 0.522. The van der Waals surface area contributed by atoms with Gasteiger partial charge in [-0.05, 0) is 20.3 Å². The molecule has 0 spiro atoms. The first-order chi connectivity index (χ1) is 6.35. The molecule has 13 heavy (non-hydrogen) atoms. The summed E-state index contributed by atoms with van der Waals surface area (Å²) in [6.45, 7) is 9.25. The zero-order valence-electron chi connectivity index (χ0n) is 9.38. The van der Waals surface area contributed by atoms with E-state index in [1.807, 2.05) is 0 Å². The molecule has 0 aromatic carbocycles. The second kappa shape index (κ2) is 10.8. The van der Waals surface area contributed by atoms with Gasteiger partial charge in [-0.25, -0.2) is 0 Å². The summed E-state index contributed by atoms with van der Waals surface area (Å²) in [6.07, 6.45) is 5.63. The second-order valence-corrected chi connectivity index (χ2v) is 6.57. The lowest BCUT2D eigenvalue weighted by Gasteiger charge is -2.08. The van der Waals surface area contributed by atoms with Crippen LogP contribution in [-0.4, -0.2) is 23.5 Å². The van der Waals surface area contributed by atoms with Gasteiger partial charge in [0.05, 0.1) is 0 Å². The molecule has 0 amide bonds. The second-order valence-electron chi connectivity index (χ2n) is 3.26. The van der Waals surface area contributed by atoms with Crippen LogP contribution in [0.2, 0.25) is 0 Å². The van der Waals surface area contributed by atoms with E-state index >= 15 is 0 Å². The highest BCUT2D eigenvalue weighted by Crippen LogP contribution is 2.33. The molecule has 1 atom stereocenters. The van der Waals surface area contributed by atoms with Crippen molar-refractivity contribution in [2.45, 2.75) is 46.5 Å². The fourth-order valence-electron chi connectivity index (χ4n) is 1.14. The molecule has 0 aliphatic carbocycles. The van der Waals surface area contributed by atoms with Crippen molar-refractivity contribution in [3.05, 3.63) is 0 Å². The van der Waals surface area contributed by atoms with Crippen LogP contribution in [-0.2, 0) is 0 Å². The van der Waals surface area contributed by atoms with Crippen molar-refractivity contribution in [2.75, 3.05) is 18.8 Å². The molecule has 1 nitrogen and oxygen atoms in total. The molecule has 0 bridgehead atoms. The van der Waals surface area contributed by atoms with E-state index in [4.69, 9.17) is 0 Å². The zero-order valence-corrected chi connectivity index (χ0v) is 11.4. The third kappa shape index (κ3) is 9.05. The molecule has 80 valence electrons. The van der Waals surface area contributed by atoms with Gasteiger partial charge in [-0.3, -0.25) is 0 Å². The highest BCUT2D eigenvalue weighted by molar-refractivity contribution is 8.48. The molecule has 0 aliphatic rings. The van der Waals surface area contributed by atoms with Crippen LogP contribution in [0.25, 0.3) is 0 Å². The molecule has 0 radical (unpaired) electrons. The number of hydrogen-bond donors (Lipinski definition) is 0. The van der Waals surface area contributed by atoms with Gasteiger partial charge in [0.1, 0.15) is 7.93 Å². The quantitative estimate of drug-likeness (QED) is 0.430. The average molecular weight is 222 g/mol. The molecule has 0 saturated heterocycles. The summed E-state index contributed by atoms with van der Waals surface area (Å²) in [6, 6.07) is 0. The Morgan fingerprint density at radius 3 is 2.23 bits per heavy atom. The van der Waals surface area contributed by atoms with Crippen LogP contribution in [0.4, 0.5) is 0 Å². The number of unbranched alkanes of at least 4 members (excludes halogenated alkanes) is 3. The van der Waals surface area contributed by atoms with Gasteiger partial charge in [-0.1, -0.05) is 26.2 Å². The van der Waals surface area contributed by atoms with E-state index in [-0.39, 0.29) is 0 Å². The Kier molecular flexibility index (Phi) is 11.4. The van der Waals surface area contributed by atoms with Crippen molar-refractivity contribution in [1.82, 2.24) is 4.67 Å². The van der Waals surface area contributed by atoms with Crippen molar-refractivity contribution in [1.29, 1.82) is 0 Å². The molecule has 1 unspecified atom stereocenters. The van der Waals surface area contributed by atoms with Crippen molar-refractivity contribution in [2.24, 2.45) is 0 Å². The van der Waals surface area contributed by atoms with E-state index in [1.165, 1.54) is 44.5 Å². The summed E-state index contributed by atoms with van der Waals surface area (Å²) < 4.78 is 2.56. The van der Waals surface area contributed by atoms with E-state index in [0.29, 0.717) is 7.93 Å². The van der Waals surface area contributed by atoms with Gasteiger partial charge in [0.15, 0.2) is 0 Å². The lowest BCUT2D eigenvalue weighted by Crippen LogP contribution is -2.10. The van der Waals surface area contributed by atoms with Crippen LogP contribution in [0, 0.1) is 0 Å². The zero-order chi connectivity index (χ0) is 9.94. The van der Waals surface area contributed by atoms with Crippen molar-refractivity contribution < 1.29 is 0 Å². The van der Waals surface area contributed by atoms with Crippen molar-refractivity contribution in [3.63, 3.8) is 0 Å². The summed E-state index contributed by atoms with van der Waals surface area (Å²) in [5.41, 5.74) is 0. The van der Waals surface area contributed by atoms with Crippen LogP contribution in [0.5, 0.6) is 0 Å². The van der Waals surface area contributed by atoms with Gasteiger partial charge in [0.2, 0.25) is 0 Å². The number of rotatable bonds is 9. The Labute approximate surface area is 89.6 Å². The Morgan fingerprint density at radius 2 is 1.69 bits per heavy atom. The predicted molar refractivity (Wildman–Crippen MR) is 69.2 cm³/mol. The van der Waals surface area contributed by atoms with Gasteiger partial charge >= 0.3 is 0 Å². The first-order valence-electron chi connectivity index (χ1n) is 5.54. The smallest absolute Gasteiger partial charge is 0.116 e. The third-order valence-electron chi connectivity index (χ3n) is 2.15. The maximum Gasteiger partial charge on any atom is 0.116 e. The molecule has 0 aromatic rings. The summed E-state index contributed by atoms with van der Waals surface area (Å²) in [5.74, 6) is 1.38. The molecule has 0 N–H and O–H groups in total. The van der Waals surface area contributed by atoms with Crippen LogP contribution >= 0.6 is 19.3 Å². The van der Waals surface area contributed by atoms with Gasteiger partial charge in [0.25, 0.3) is 0 Å². The lowest BCUT2D eigenvalue weighted by atomic mass is 10.2. The summed E-state index contributed by atoms with van der Waals surface area (Å²) in [4.78, 5) is 0. The Morgan fingerprint density at radius 1 is 1.00 bits per heavy atom. The van der Waals surface area contributed by atoms with E-state index in [0.717, 1.165) is 0 Å². The SMILES string of the molecule is CCCCCCS[PH2+]N(CC)CC. The molecule has 0 aliphatic heterocycles. The summed E-state index contributed by atoms with van der Waals surface area (Å²) in [5, 5.41) is 0. The Hall–Kier alpha value is 0.740. The molecule has 0 fully saturated rings. The van der Waals surface area contributed by atoms with Crippen LogP contribution in [0.3, 0.4) is 0 Å². The van der Waals surface area contributed by atoms with Gasteiger partial charge < -0.3 is 0 Å². The minimum absolute atomic E-state index is 0.513. The summed E-state index contributed by atoms with van der Waals surface area (Å²) in [7, 11) is 0.513. The first-order valence-corrected chi connectivity index (χ1v) is 8.52. The normalized spacial score (nSPS) is 12.0. The number of hydrogen-bond acceptors (Lipinski definition) is 2. The fraction of sp³-hybridized carbons (Fsp3) is 1.00. The maximum absolute atomic E-state index is 2.56. The first kappa shape index (κ1) is 13.7. The molecule has 3 heteroatoms. The standard InChI is InChI=1S/C10H24NPS/c1-4-7-8-9-10-13-12-11(5-2)6-3/h12H,4-10H2,1-3H3/p+1. The maximum atomic E-state index is 2.56. The largest absolute Gasteiger partial charge is 0.174 e. The molecule has 0 saturated carbocycles.